The van der Waals surface area contributed by atoms with Gasteiger partial charge >= 0.3 is 0 Å². The Morgan fingerprint density at radius 3 is 2.20 bits per heavy atom. The van der Waals surface area contributed by atoms with Crippen molar-refractivity contribution in [2.45, 2.75) is 26.4 Å². The Balaban J connectivity index is 4.35. The maximum atomic E-state index is 12.7. The molecule has 0 aromatic carbocycles. The summed E-state index contributed by atoms with van der Waals surface area (Å²) in [6.45, 7) is 3.72. The molecule has 0 spiro atoms. The van der Waals surface area contributed by atoms with Crippen molar-refractivity contribution in [1.29, 1.82) is 0 Å². The minimum atomic E-state index is -1.70. The quantitative estimate of drug-likeness (QED) is 0.337. The molecule has 10 heavy (non-hydrogen) atoms. The first-order valence-electron chi connectivity index (χ1n) is 2.73. The predicted octanol–water partition coefficient (Wildman–Crippen LogP) is 1.39. The molecule has 5 heteroatoms. The summed E-state index contributed by atoms with van der Waals surface area (Å²) in [5.74, 6) is 0. The van der Waals surface area contributed by atoms with Crippen LogP contribution in [0, 0.1) is 10.1 Å². The Labute approximate surface area is 57.9 Å². The number of halogens is 1. The van der Waals surface area contributed by atoms with E-state index >= 15 is 0 Å². The highest BCUT2D eigenvalue weighted by atomic mass is 19.1. The zero-order chi connectivity index (χ0) is 8.36. The molecule has 58 valence electrons. The normalized spacial score (nSPS) is 13.4. The minimum absolute atomic E-state index is 0.127. The molecule has 0 aromatic heterocycles. The van der Waals surface area contributed by atoms with Gasteiger partial charge in [0.25, 0.3) is 0 Å². The summed E-state index contributed by atoms with van der Waals surface area (Å²) < 4.78 is 12.7. The van der Waals surface area contributed by atoms with E-state index in [1.54, 1.807) is 0 Å². The smallest absolute Gasteiger partial charge is 0.190 e. The van der Waals surface area contributed by atoms with Crippen molar-refractivity contribution in [3.8, 4) is 0 Å². The van der Waals surface area contributed by atoms with Gasteiger partial charge < -0.3 is 0 Å². The molecule has 0 aliphatic carbocycles. The van der Waals surface area contributed by atoms with Crippen LogP contribution in [0.2, 0.25) is 0 Å². The van der Waals surface area contributed by atoms with Gasteiger partial charge in [-0.25, -0.2) is 14.5 Å². The third kappa shape index (κ3) is 3.11. The zero-order valence-corrected chi connectivity index (χ0v) is 6.09. The molecule has 0 amide bonds. The molecule has 0 rings (SSSR count). The number of nitro groups is 1. The highest BCUT2D eigenvalue weighted by Gasteiger charge is 2.22. The second-order valence-corrected chi connectivity index (χ2v) is 2.40. The van der Waals surface area contributed by atoms with Crippen molar-refractivity contribution >= 4 is 5.71 Å². The average Bonchev–Trinajstić information content (AvgIpc) is 1.60. The number of hydrogen-bond donors (Lipinski definition) is 0. The maximum Gasteiger partial charge on any atom is 0.190 e. The first-order chi connectivity index (χ1) is 4.34. The van der Waals surface area contributed by atoms with Crippen LogP contribution < -0.4 is 0 Å². The van der Waals surface area contributed by atoms with Crippen molar-refractivity contribution in [2.75, 3.05) is 0 Å². The van der Waals surface area contributed by atoms with Gasteiger partial charge in [0.15, 0.2) is 5.03 Å². The van der Waals surface area contributed by atoms with Gasteiger partial charge in [-0.1, -0.05) is 0 Å². The molecule has 0 N–H and O–H groups in total. The molecule has 0 saturated heterocycles. The Hall–Kier alpha value is -1.00. The molecule has 0 saturated carbocycles. The molecule has 0 aliphatic rings. The molecule has 0 aliphatic heterocycles. The van der Waals surface area contributed by atoms with E-state index in [1.807, 2.05) is 0 Å². The Bertz CT molecular complexity index is 171. The van der Waals surface area contributed by atoms with Crippen LogP contribution in [0.1, 0.15) is 20.8 Å². The zero-order valence-electron chi connectivity index (χ0n) is 6.09. The fourth-order valence-electron chi connectivity index (χ4n) is 0.241. The standard InChI is InChI=1S/C5H9FN2O2/c1-4(5(2,3)6)7-8(9)10/h1-3H3/b7-4+. The molecule has 4 nitrogen and oxygen atoms in total. The average molecular weight is 148 g/mol. The van der Waals surface area contributed by atoms with Crippen LogP contribution in [-0.4, -0.2) is 16.4 Å². The lowest BCUT2D eigenvalue weighted by atomic mass is 10.1. The summed E-state index contributed by atoms with van der Waals surface area (Å²) in [6, 6.07) is 0. The molecular formula is C5H9FN2O2. The van der Waals surface area contributed by atoms with Crippen LogP contribution >= 0.6 is 0 Å². The highest BCUT2D eigenvalue weighted by molar-refractivity contribution is 5.88. The summed E-state index contributed by atoms with van der Waals surface area (Å²) in [7, 11) is 0. The van der Waals surface area contributed by atoms with Crippen molar-refractivity contribution in [1.82, 2.24) is 0 Å². The van der Waals surface area contributed by atoms with E-state index in [1.165, 1.54) is 20.8 Å². The summed E-state index contributed by atoms with van der Waals surface area (Å²) in [4.78, 5) is 9.71. The summed E-state index contributed by atoms with van der Waals surface area (Å²) in [6.07, 6.45) is 0. The summed E-state index contributed by atoms with van der Waals surface area (Å²) >= 11 is 0. The van der Waals surface area contributed by atoms with Gasteiger partial charge in [0, 0.05) is 0 Å². The Morgan fingerprint density at radius 1 is 1.70 bits per heavy atom. The summed E-state index contributed by atoms with van der Waals surface area (Å²) in [5.41, 5.74) is -1.83. The van der Waals surface area contributed by atoms with Gasteiger partial charge in [0.05, 0.1) is 5.10 Å². The third-order valence-corrected chi connectivity index (χ3v) is 1.09. The lowest BCUT2D eigenvalue weighted by molar-refractivity contribution is -0.485. The molecule has 0 atom stereocenters. The predicted molar refractivity (Wildman–Crippen MR) is 35.3 cm³/mol. The molecule has 0 aromatic rings. The number of rotatable bonds is 2. The fraction of sp³-hybridized carbons (Fsp3) is 0.800. The lowest BCUT2D eigenvalue weighted by Crippen LogP contribution is -2.24. The number of hydrogen-bond acceptors (Lipinski definition) is 2. The Kier molecular flexibility index (Phi) is 2.45. The van der Waals surface area contributed by atoms with E-state index in [-0.39, 0.29) is 5.71 Å². The van der Waals surface area contributed by atoms with Crippen LogP contribution in [0.15, 0.2) is 5.10 Å². The molecule has 0 fully saturated rings. The van der Waals surface area contributed by atoms with Gasteiger partial charge in [-0.05, 0) is 20.8 Å². The second kappa shape index (κ2) is 2.72. The molecule has 0 unspecified atom stereocenters. The SMILES string of the molecule is C/C(=N\[N+](=O)[O-])C(C)(C)F. The Morgan fingerprint density at radius 2 is 2.10 bits per heavy atom. The van der Waals surface area contributed by atoms with Crippen LogP contribution in [0.4, 0.5) is 4.39 Å². The molecule has 0 heterocycles. The van der Waals surface area contributed by atoms with E-state index in [0.29, 0.717) is 0 Å². The monoisotopic (exact) mass is 148 g/mol. The molecule has 0 bridgehead atoms. The van der Waals surface area contributed by atoms with E-state index in [2.05, 4.69) is 5.10 Å². The van der Waals surface area contributed by atoms with Crippen LogP contribution in [0.25, 0.3) is 0 Å². The molecular weight excluding hydrogens is 139 g/mol. The van der Waals surface area contributed by atoms with Crippen molar-refractivity contribution < 1.29 is 9.42 Å². The topological polar surface area (TPSA) is 55.5 Å². The van der Waals surface area contributed by atoms with Gasteiger partial charge in [0.2, 0.25) is 0 Å². The minimum Gasteiger partial charge on any atom is -0.238 e. The van der Waals surface area contributed by atoms with Crippen LogP contribution in [-0.2, 0) is 0 Å². The summed E-state index contributed by atoms with van der Waals surface area (Å²) in [5, 5.41) is 11.6. The van der Waals surface area contributed by atoms with Crippen molar-refractivity contribution in [3.63, 3.8) is 0 Å². The van der Waals surface area contributed by atoms with E-state index in [0.717, 1.165) is 0 Å². The first-order valence-corrected chi connectivity index (χ1v) is 2.73. The van der Waals surface area contributed by atoms with Crippen LogP contribution in [0.5, 0.6) is 0 Å². The fourth-order valence-corrected chi connectivity index (χ4v) is 0.241. The van der Waals surface area contributed by atoms with Crippen molar-refractivity contribution in [3.05, 3.63) is 10.1 Å². The number of nitrogens with zero attached hydrogens (tertiary/aromatic N) is 2. The van der Waals surface area contributed by atoms with Gasteiger partial charge in [-0.3, -0.25) is 0 Å². The first kappa shape index (κ1) is 9.00. The lowest BCUT2D eigenvalue weighted by Gasteiger charge is -2.08. The van der Waals surface area contributed by atoms with E-state index in [4.69, 9.17) is 0 Å². The third-order valence-electron chi connectivity index (χ3n) is 1.09. The van der Waals surface area contributed by atoms with Gasteiger partial charge in [-0.15, -0.1) is 0 Å². The number of hydrazone groups is 1. The van der Waals surface area contributed by atoms with Crippen LogP contribution in [0.3, 0.4) is 0 Å². The maximum absolute atomic E-state index is 12.7. The van der Waals surface area contributed by atoms with E-state index < -0.39 is 10.7 Å². The van der Waals surface area contributed by atoms with Crippen molar-refractivity contribution in [2.24, 2.45) is 5.10 Å². The largest absolute Gasteiger partial charge is 0.238 e. The molecule has 0 radical (unpaired) electrons. The number of alkyl halides is 1. The second-order valence-electron chi connectivity index (χ2n) is 2.40. The highest BCUT2D eigenvalue weighted by Crippen LogP contribution is 2.10. The van der Waals surface area contributed by atoms with Gasteiger partial charge in [0.1, 0.15) is 11.4 Å². The van der Waals surface area contributed by atoms with E-state index in [9.17, 15) is 14.5 Å². The van der Waals surface area contributed by atoms with Gasteiger partial charge in [-0.2, -0.15) is 0 Å².